The Morgan fingerprint density at radius 2 is 1.82 bits per heavy atom. The number of para-hydroxylation sites is 1. The van der Waals surface area contributed by atoms with Gasteiger partial charge in [-0.25, -0.2) is 4.98 Å². The normalized spacial score (nSPS) is 12.0. The van der Waals surface area contributed by atoms with Crippen molar-refractivity contribution in [3.63, 3.8) is 0 Å². The van der Waals surface area contributed by atoms with Crippen LogP contribution in [0.1, 0.15) is 31.9 Å². The summed E-state index contributed by atoms with van der Waals surface area (Å²) in [6.07, 6.45) is -3.27. The number of benzene rings is 3. The molecule has 0 saturated heterocycles. The van der Waals surface area contributed by atoms with E-state index in [-0.39, 0.29) is 22.9 Å². The Morgan fingerprint density at radius 1 is 1.08 bits per heavy atom. The van der Waals surface area contributed by atoms with E-state index in [1.807, 2.05) is 20.8 Å². The maximum Gasteiger partial charge on any atom is 0.416 e. The van der Waals surface area contributed by atoms with Crippen molar-refractivity contribution in [2.75, 3.05) is 6.61 Å². The van der Waals surface area contributed by atoms with Crippen molar-refractivity contribution < 1.29 is 22.6 Å². The fourth-order valence-corrected chi connectivity index (χ4v) is 4.59. The lowest BCUT2D eigenvalue weighted by atomic mass is 10.1. The molecule has 38 heavy (non-hydrogen) atoms. The first-order valence-corrected chi connectivity index (χ1v) is 13.1. The predicted molar refractivity (Wildman–Crippen MR) is 148 cm³/mol. The van der Waals surface area contributed by atoms with Gasteiger partial charge in [0.25, 0.3) is 5.56 Å². The number of hydrogen-bond acceptors (Lipinski definition) is 5. The summed E-state index contributed by atoms with van der Waals surface area (Å²) < 4.78 is 54.1. The van der Waals surface area contributed by atoms with E-state index in [9.17, 15) is 18.0 Å². The second-order valence-electron chi connectivity index (χ2n) is 8.41. The van der Waals surface area contributed by atoms with Crippen molar-refractivity contribution in [3.05, 3.63) is 85.0 Å². The maximum absolute atomic E-state index is 13.4. The van der Waals surface area contributed by atoms with Gasteiger partial charge < -0.3 is 9.47 Å². The minimum absolute atomic E-state index is 0.0315. The van der Waals surface area contributed by atoms with E-state index in [2.05, 4.69) is 41.9 Å². The minimum atomic E-state index is -4.56. The first-order chi connectivity index (χ1) is 18.0. The van der Waals surface area contributed by atoms with Gasteiger partial charge in [-0.3, -0.25) is 4.79 Å². The summed E-state index contributed by atoms with van der Waals surface area (Å²) in [4.78, 5) is 17.9. The van der Waals surface area contributed by atoms with Crippen molar-refractivity contribution >= 4 is 49.0 Å². The molecule has 0 fully saturated rings. The fourth-order valence-electron chi connectivity index (χ4n) is 3.68. The van der Waals surface area contributed by atoms with Crippen LogP contribution in [0.4, 0.5) is 13.2 Å². The van der Waals surface area contributed by atoms with Crippen molar-refractivity contribution in [2.45, 2.75) is 33.1 Å². The molecule has 3 aromatic carbocycles. The smallest absolute Gasteiger partial charge is 0.416 e. The van der Waals surface area contributed by atoms with Gasteiger partial charge in [-0.15, -0.1) is 0 Å². The lowest BCUT2D eigenvalue weighted by molar-refractivity contribution is -0.137. The van der Waals surface area contributed by atoms with E-state index in [1.165, 1.54) is 18.3 Å². The second-order valence-corrected chi connectivity index (χ2v) is 10.00. The Balaban J connectivity index is 1.92. The number of nitrogens with zero attached hydrogens (tertiary/aromatic N) is 3. The number of alkyl halides is 3. The summed E-state index contributed by atoms with van der Waals surface area (Å²) >= 11 is 7.06. The zero-order valence-corrected chi connectivity index (χ0v) is 23.7. The molecule has 6 nitrogen and oxygen atoms in total. The number of fused-ring (bicyclic) bond motifs is 1. The fraction of sp³-hybridized carbons (Fsp3) is 0.222. The van der Waals surface area contributed by atoms with Crippen molar-refractivity contribution in [1.29, 1.82) is 0 Å². The van der Waals surface area contributed by atoms with Crippen molar-refractivity contribution in [3.8, 4) is 22.9 Å². The number of halogens is 5. The van der Waals surface area contributed by atoms with Gasteiger partial charge in [-0.1, -0.05) is 24.3 Å². The zero-order valence-electron chi connectivity index (χ0n) is 20.5. The first-order valence-electron chi connectivity index (χ1n) is 11.6. The number of hydrogen-bond donors (Lipinski definition) is 0. The maximum atomic E-state index is 13.4. The number of rotatable bonds is 7. The summed E-state index contributed by atoms with van der Waals surface area (Å²) in [5.41, 5.74) is -0.419. The SMILES string of the molecule is CCOc1cc(C=Nn2c(-c3cccc(C(F)(F)F)c3)nc3ccccc3c2=O)c(Br)c(Br)c1OC(C)C. The Hall–Kier alpha value is -3.18. The summed E-state index contributed by atoms with van der Waals surface area (Å²) in [6, 6.07) is 12.9. The van der Waals surface area contributed by atoms with Crippen LogP contribution < -0.4 is 15.0 Å². The van der Waals surface area contributed by atoms with Crippen LogP contribution in [0.2, 0.25) is 0 Å². The first kappa shape index (κ1) is 27.8. The second kappa shape index (κ2) is 11.3. The highest BCUT2D eigenvalue weighted by atomic mass is 79.9. The summed E-state index contributed by atoms with van der Waals surface area (Å²) in [5, 5.41) is 4.65. The molecule has 0 saturated carbocycles. The summed E-state index contributed by atoms with van der Waals surface area (Å²) in [6.45, 7) is 6.00. The van der Waals surface area contributed by atoms with Gasteiger partial charge in [0.2, 0.25) is 0 Å². The van der Waals surface area contributed by atoms with Gasteiger partial charge in [0, 0.05) is 15.6 Å². The number of ether oxygens (including phenoxy) is 2. The van der Waals surface area contributed by atoms with Crippen LogP contribution in [0.5, 0.6) is 11.5 Å². The molecule has 1 aromatic heterocycles. The lowest BCUT2D eigenvalue weighted by Gasteiger charge is -2.18. The zero-order chi connectivity index (χ0) is 27.6. The van der Waals surface area contributed by atoms with Crippen molar-refractivity contribution in [1.82, 2.24) is 9.66 Å². The summed E-state index contributed by atoms with van der Waals surface area (Å²) in [5.74, 6) is 0.927. The molecule has 0 aliphatic rings. The minimum Gasteiger partial charge on any atom is -0.490 e. The van der Waals surface area contributed by atoms with Gasteiger partial charge in [-0.05, 0) is 83.0 Å². The van der Waals surface area contributed by atoms with Crippen LogP contribution in [0, 0.1) is 0 Å². The monoisotopic (exact) mass is 651 g/mol. The molecule has 0 amide bonds. The molecule has 11 heteroatoms. The van der Waals surface area contributed by atoms with Crippen molar-refractivity contribution in [2.24, 2.45) is 5.10 Å². The van der Waals surface area contributed by atoms with Gasteiger partial charge in [0.1, 0.15) is 0 Å². The van der Waals surface area contributed by atoms with Crippen LogP contribution in [-0.2, 0) is 6.18 Å². The molecular weight excluding hydrogens is 631 g/mol. The predicted octanol–water partition coefficient (Wildman–Crippen LogP) is 7.68. The van der Waals surface area contributed by atoms with E-state index < -0.39 is 17.3 Å². The average molecular weight is 653 g/mol. The molecule has 0 bridgehead atoms. The topological polar surface area (TPSA) is 65.7 Å². The third-order valence-electron chi connectivity index (χ3n) is 5.32. The van der Waals surface area contributed by atoms with E-state index in [0.717, 1.165) is 16.8 Å². The van der Waals surface area contributed by atoms with E-state index in [4.69, 9.17) is 9.47 Å². The average Bonchev–Trinajstić information content (AvgIpc) is 2.88. The highest BCUT2D eigenvalue weighted by Gasteiger charge is 2.31. The molecule has 0 spiro atoms. The largest absolute Gasteiger partial charge is 0.490 e. The summed E-state index contributed by atoms with van der Waals surface area (Å²) in [7, 11) is 0. The van der Waals surface area contributed by atoms with Crippen LogP contribution >= 0.6 is 31.9 Å². The van der Waals surface area contributed by atoms with Crippen LogP contribution in [0.25, 0.3) is 22.3 Å². The highest BCUT2D eigenvalue weighted by molar-refractivity contribution is 9.13. The third kappa shape index (κ3) is 5.78. The molecule has 0 radical (unpaired) electrons. The van der Waals surface area contributed by atoms with E-state index >= 15 is 0 Å². The Kier molecular flexibility index (Phi) is 8.27. The molecule has 0 aliphatic heterocycles. The third-order valence-corrected chi connectivity index (χ3v) is 7.47. The molecular formula is C27H22Br2F3N3O3. The Bertz CT molecular complexity index is 1580. The lowest BCUT2D eigenvalue weighted by Crippen LogP contribution is -2.20. The van der Waals surface area contributed by atoms with E-state index in [0.29, 0.717) is 38.1 Å². The standard InChI is InChI=1S/C27H22Br2F3N3O3/c1-4-37-21-13-17(22(28)23(29)24(21)38-15(2)3)14-33-35-25(16-8-7-9-18(12-16)27(30,31)32)34-20-11-6-5-10-19(20)26(35)36/h5-15H,4H2,1-3H3. The quantitative estimate of drug-likeness (QED) is 0.192. The van der Waals surface area contributed by atoms with Crippen LogP contribution in [0.15, 0.2) is 73.4 Å². The molecule has 0 N–H and O–H groups in total. The van der Waals surface area contributed by atoms with Crippen LogP contribution in [0.3, 0.4) is 0 Å². The molecule has 4 aromatic rings. The Labute approximate surface area is 233 Å². The molecule has 0 aliphatic carbocycles. The molecule has 0 unspecified atom stereocenters. The molecule has 0 atom stereocenters. The van der Waals surface area contributed by atoms with Gasteiger partial charge >= 0.3 is 6.18 Å². The van der Waals surface area contributed by atoms with Crippen LogP contribution in [-0.4, -0.2) is 28.6 Å². The molecule has 1 heterocycles. The highest BCUT2D eigenvalue weighted by Crippen LogP contribution is 2.43. The molecule has 198 valence electrons. The molecule has 4 rings (SSSR count). The van der Waals surface area contributed by atoms with E-state index in [1.54, 1.807) is 30.3 Å². The van der Waals surface area contributed by atoms with Gasteiger partial charge in [-0.2, -0.15) is 22.9 Å². The van der Waals surface area contributed by atoms with Gasteiger partial charge in [0.15, 0.2) is 17.3 Å². The Morgan fingerprint density at radius 3 is 2.50 bits per heavy atom. The van der Waals surface area contributed by atoms with Gasteiger partial charge in [0.05, 0.1) is 39.9 Å². The number of aromatic nitrogens is 2.